The van der Waals surface area contributed by atoms with Crippen molar-refractivity contribution >= 4 is 5.91 Å². The molecule has 0 aromatic carbocycles. The fourth-order valence-electron chi connectivity index (χ4n) is 3.16. The number of carbonyl (C=O) groups excluding carboxylic acids is 1. The summed E-state index contributed by atoms with van der Waals surface area (Å²) in [4.78, 5) is 12.3. The molecule has 2 atom stereocenters. The first kappa shape index (κ1) is 15.5. The van der Waals surface area contributed by atoms with Crippen LogP contribution in [-0.2, 0) is 4.79 Å². The molecule has 3 heteroatoms. The molecule has 0 saturated carbocycles. The van der Waals surface area contributed by atoms with E-state index in [0.29, 0.717) is 5.92 Å². The van der Waals surface area contributed by atoms with Crippen LogP contribution < -0.4 is 10.6 Å². The van der Waals surface area contributed by atoms with Crippen LogP contribution in [0, 0.1) is 17.3 Å². The molecule has 1 aliphatic heterocycles. The summed E-state index contributed by atoms with van der Waals surface area (Å²) in [6.45, 7) is 14.9. The number of piperidine rings is 1. The van der Waals surface area contributed by atoms with Crippen molar-refractivity contribution in [1.82, 2.24) is 10.6 Å². The Bertz CT molecular complexity index is 291. The Morgan fingerprint density at radius 1 is 1.22 bits per heavy atom. The molecule has 2 unspecified atom stereocenters. The predicted molar refractivity (Wildman–Crippen MR) is 76.4 cm³/mol. The van der Waals surface area contributed by atoms with Gasteiger partial charge in [-0.2, -0.15) is 0 Å². The number of hydrogen-bond donors (Lipinski definition) is 2. The maximum Gasteiger partial charge on any atom is 0.224 e. The number of rotatable bonds is 3. The van der Waals surface area contributed by atoms with Crippen molar-refractivity contribution in [2.75, 3.05) is 13.1 Å². The Hall–Kier alpha value is -0.570. The van der Waals surface area contributed by atoms with E-state index >= 15 is 0 Å². The molecule has 1 heterocycles. The minimum atomic E-state index is -0.129. The van der Waals surface area contributed by atoms with E-state index in [1.165, 1.54) is 0 Å². The standard InChI is InChI=1S/C15H30N2O/c1-11-7-12(9-16-8-11)13(18)17-15(5,6)10-14(2,3)4/h11-12,16H,7-10H2,1-6H3,(H,17,18). The first-order valence-corrected chi connectivity index (χ1v) is 7.12. The Kier molecular flexibility index (Phi) is 4.82. The van der Waals surface area contributed by atoms with Crippen LogP contribution in [0.25, 0.3) is 0 Å². The van der Waals surface area contributed by atoms with Gasteiger partial charge in [0.25, 0.3) is 0 Å². The molecule has 0 radical (unpaired) electrons. The second-order valence-corrected chi connectivity index (χ2v) is 7.81. The minimum Gasteiger partial charge on any atom is -0.351 e. The summed E-state index contributed by atoms with van der Waals surface area (Å²) in [6, 6.07) is 0. The van der Waals surface area contributed by atoms with Crippen LogP contribution in [0.1, 0.15) is 54.4 Å². The summed E-state index contributed by atoms with van der Waals surface area (Å²) in [5.74, 6) is 0.941. The summed E-state index contributed by atoms with van der Waals surface area (Å²) in [5, 5.41) is 6.56. The van der Waals surface area contributed by atoms with Crippen molar-refractivity contribution in [3.8, 4) is 0 Å². The topological polar surface area (TPSA) is 41.1 Å². The average Bonchev–Trinajstić information content (AvgIpc) is 2.12. The number of carbonyl (C=O) groups is 1. The van der Waals surface area contributed by atoms with Crippen LogP contribution in [0.5, 0.6) is 0 Å². The van der Waals surface area contributed by atoms with Gasteiger partial charge in [-0.05, 0) is 44.6 Å². The summed E-state index contributed by atoms with van der Waals surface area (Å²) < 4.78 is 0. The van der Waals surface area contributed by atoms with Gasteiger partial charge in [0, 0.05) is 12.1 Å². The van der Waals surface area contributed by atoms with Crippen molar-refractivity contribution < 1.29 is 4.79 Å². The third-order valence-corrected chi connectivity index (χ3v) is 3.38. The van der Waals surface area contributed by atoms with Gasteiger partial charge < -0.3 is 10.6 Å². The third kappa shape index (κ3) is 5.38. The van der Waals surface area contributed by atoms with Crippen LogP contribution >= 0.6 is 0 Å². The lowest BCUT2D eigenvalue weighted by Gasteiger charge is -2.36. The Morgan fingerprint density at radius 3 is 2.33 bits per heavy atom. The summed E-state index contributed by atoms with van der Waals surface area (Å²) in [6.07, 6.45) is 1.99. The molecule has 0 spiro atoms. The molecule has 0 aliphatic carbocycles. The maximum absolute atomic E-state index is 12.3. The molecule has 1 rings (SSSR count). The third-order valence-electron chi connectivity index (χ3n) is 3.38. The summed E-state index contributed by atoms with van der Waals surface area (Å²) in [7, 11) is 0. The van der Waals surface area contributed by atoms with E-state index in [0.717, 1.165) is 25.9 Å². The van der Waals surface area contributed by atoms with E-state index in [1.807, 2.05) is 0 Å². The van der Waals surface area contributed by atoms with Crippen LogP contribution in [0.3, 0.4) is 0 Å². The quantitative estimate of drug-likeness (QED) is 0.812. The largest absolute Gasteiger partial charge is 0.351 e. The van der Waals surface area contributed by atoms with E-state index in [-0.39, 0.29) is 22.8 Å². The van der Waals surface area contributed by atoms with Crippen LogP contribution in [0.15, 0.2) is 0 Å². The molecule has 0 bridgehead atoms. The monoisotopic (exact) mass is 254 g/mol. The van der Waals surface area contributed by atoms with Crippen molar-refractivity contribution in [3.05, 3.63) is 0 Å². The van der Waals surface area contributed by atoms with Gasteiger partial charge in [-0.25, -0.2) is 0 Å². The first-order chi connectivity index (χ1) is 8.09. The Balaban J connectivity index is 2.52. The van der Waals surface area contributed by atoms with Crippen LogP contribution in [0.2, 0.25) is 0 Å². The second kappa shape index (κ2) is 5.60. The van der Waals surface area contributed by atoms with Crippen molar-refractivity contribution in [1.29, 1.82) is 0 Å². The SMILES string of the molecule is CC1CNCC(C(=O)NC(C)(C)CC(C)(C)C)C1. The van der Waals surface area contributed by atoms with Crippen LogP contribution in [-0.4, -0.2) is 24.5 Å². The van der Waals surface area contributed by atoms with Gasteiger partial charge in [-0.3, -0.25) is 4.79 Å². The Labute approximate surface area is 112 Å². The molecule has 0 aromatic heterocycles. The highest BCUT2D eigenvalue weighted by molar-refractivity contribution is 5.79. The van der Waals surface area contributed by atoms with Gasteiger partial charge in [0.05, 0.1) is 5.92 Å². The highest BCUT2D eigenvalue weighted by atomic mass is 16.2. The normalized spacial score (nSPS) is 25.9. The lowest BCUT2D eigenvalue weighted by Crippen LogP contribution is -2.51. The molecule has 1 saturated heterocycles. The molecule has 1 amide bonds. The highest BCUT2D eigenvalue weighted by Crippen LogP contribution is 2.27. The fraction of sp³-hybridized carbons (Fsp3) is 0.933. The van der Waals surface area contributed by atoms with E-state index in [2.05, 4.69) is 52.2 Å². The smallest absolute Gasteiger partial charge is 0.224 e. The predicted octanol–water partition coefficient (Wildman–Crippen LogP) is 2.56. The van der Waals surface area contributed by atoms with Crippen molar-refractivity contribution in [2.24, 2.45) is 17.3 Å². The van der Waals surface area contributed by atoms with E-state index < -0.39 is 0 Å². The summed E-state index contributed by atoms with van der Waals surface area (Å²) in [5.41, 5.74) is 0.102. The fourth-order valence-corrected chi connectivity index (χ4v) is 3.16. The van der Waals surface area contributed by atoms with E-state index in [4.69, 9.17) is 0 Å². The molecule has 1 fully saturated rings. The Morgan fingerprint density at radius 2 is 1.83 bits per heavy atom. The van der Waals surface area contributed by atoms with E-state index in [1.54, 1.807) is 0 Å². The van der Waals surface area contributed by atoms with Gasteiger partial charge in [0.2, 0.25) is 5.91 Å². The molecular formula is C15H30N2O. The summed E-state index contributed by atoms with van der Waals surface area (Å²) >= 11 is 0. The molecule has 1 aliphatic rings. The van der Waals surface area contributed by atoms with Crippen LogP contribution in [0.4, 0.5) is 0 Å². The lowest BCUT2D eigenvalue weighted by atomic mass is 9.81. The maximum atomic E-state index is 12.3. The number of amides is 1. The van der Waals surface area contributed by atoms with Gasteiger partial charge in [0.15, 0.2) is 0 Å². The first-order valence-electron chi connectivity index (χ1n) is 7.12. The van der Waals surface area contributed by atoms with Crippen molar-refractivity contribution in [2.45, 2.75) is 59.9 Å². The zero-order valence-electron chi connectivity index (χ0n) is 12.9. The molecule has 2 N–H and O–H groups in total. The van der Waals surface area contributed by atoms with Gasteiger partial charge in [0.1, 0.15) is 0 Å². The second-order valence-electron chi connectivity index (χ2n) is 7.81. The molecule has 3 nitrogen and oxygen atoms in total. The van der Waals surface area contributed by atoms with Crippen molar-refractivity contribution in [3.63, 3.8) is 0 Å². The molecule has 0 aromatic rings. The van der Waals surface area contributed by atoms with Gasteiger partial charge in [-0.15, -0.1) is 0 Å². The average molecular weight is 254 g/mol. The lowest BCUT2D eigenvalue weighted by molar-refractivity contribution is -0.127. The van der Waals surface area contributed by atoms with E-state index in [9.17, 15) is 4.79 Å². The molecular weight excluding hydrogens is 224 g/mol. The molecule has 106 valence electrons. The zero-order chi connectivity index (χ0) is 14.0. The van der Waals surface area contributed by atoms with Gasteiger partial charge >= 0.3 is 0 Å². The number of nitrogens with one attached hydrogen (secondary N) is 2. The van der Waals surface area contributed by atoms with Gasteiger partial charge in [-0.1, -0.05) is 27.7 Å². The highest BCUT2D eigenvalue weighted by Gasteiger charge is 2.31. The zero-order valence-corrected chi connectivity index (χ0v) is 12.9. The molecule has 18 heavy (non-hydrogen) atoms. The number of hydrogen-bond acceptors (Lipinski definition) is 2. The minimum absolute atomic E-state index is 0.129.